The van der Waals surface area contributed by atoms with E-state index in [1.807, 2.05) is 57.7 Å². The van der Waals surface area contributed by atoms with E-state index in [-0.39, 0.29) is 17.7 Å². The monoisotopic (exact) mass is 416 g/mol. The van der Waals surface area contributed by atoms with Crippen molar-refractivity contribution < 1.29 is 14.4 Å². The number of rotatable bonds is 7. The summed E-state index contributed by atoms with van der Waals surface area (Å²) in [4.78, 5) is 40.6. The highest BCUT2D eigenvalue weighted by atomic mass is 16.2. The highest BCUT2D eigenvalue weighted by Gasteiger charge is 2.23. The molecule has 0 aliphatic carbocycles. The smallest absolute Gasteiger partial charge is 0.238 e. The molecule has 7 heteroatoms. The molecule has 1 aliphatic heterocycles. The first kappa shape index (κ1) is 23.9. The number of anilines is 1. The lowest BCUT2D eigenvalue weighted by atomic mass is 9.96. The fourth-order valence-corrected chi connectivity index (χ4v) is 3.30. The molecule has 1 fully saturated rings. The van der Waals surface area contributed by atoms with Gasteiger partial charge in [-0.25, -0.2) is 0 Å². The first-order valence-electron chi connectivity index (χ1n) is 10.7. The molecule has 0 spiro atoms. The van der Waals surface area contributed by atoms with Crippen molar-refractivity contribution in [1.29, 1.82) is 0 Å². The molecule has 0 aromatic heterocycles. The van der Waals surface area contributed by atoms with E-state index in [1.165, 1.54) is 0 Å². The van der Waals surface area contributed by atoms with E-state index in [4.69, 9.17) is 0 Å². The highest BCUT2D eigenvalue weighted by Crippen LogP contribution is 2.18. The van der Waals surface area contributed by atoms with Crippen LogP contribution in [-0.2, 0) is 14.4 Å². The summed E-state index contributed by atoms with van der Waals surface area (Å²) in [6.07, 6.45) is 1.07. The zero-order valence-corrected chi connectivity index (χ0v) is 19.0. The SMILES string of the molecule is Cc1cccc(NC(=O)CN2CCN(C(=O)CCCNC(=O)C(C)(C)C)CC2)c1C. The van der Waals surface area contributed by atoms with Crippen LogP contribution in [-0.4, -0.2) is 66.8 Å². The van der Waals surface area contributed by atoms with Crippen molar-refractivity contribution in [3.05, 3.63) is 29.3 Å². The molecule has 1 aromatic rings. The van der Waals surface area contributed by atoms with Crippen LogP contribution in [0.3, 0.4) is 0 Å². The second-order valence-corrected chi connectivity index (χ2v) is 9.06. The highest BCUT2D eigenvalue weighted by molar-refractivity contribution is 5.93. The van der Waals surface area contributed by atoms with Crippen LogP contribution in [0.1, 0.15) is 44.7 Å². The Bertz CT molecular complexity index is 762. The van der Waals surface area contributed by atoms with Crippen LogP contribution in [0.15, 0.2) is 18.2 Å². The lowest BCUT2D eigenvalue weighted by Crippen LogP contribution is -2.50. The maximum Gasteiger partial charge on any atom is 0.238 e. The summed E-state index contributed by atoms with van der Waals surface area (Å²) < 4.78 is 0. The largest absolute Gasteiger partial charge is 0.356 e. The van der Waals surface area contributed by atoms with Crippen LogP contribution in [0.2, 0.25) is 0 Å². The molecule has 0 radical (unpaired) electrons. The summed E-state index contributed by atoms with van der Waals surface area (Å²) >= 11 is 0. The fraction of sp³-hybridized carbons (Fsp3) is 0.609. The van der Waals surface area contributed by atoms with E-state index in [0.717, 1.165) is 16.8 Å². The quantitative estimate of drug-likeness (QED) is 0.669. The topological polar surface area (TPSA) is 81.8 Å². The van der Waals surface area contributed by atoms with Gasteiger partial charge in [0, 0.05) is 50.2 Å². The Hall–Kier alpha value is -2.41. The molecule has 1 heterocycles. The number of amides is 3. The van der Waals surface area contributed by atoms with Gasteiger partial charge in [0.1, 0.15) is 0 Å². The van der Waals surface area contributed by atoms with E-state index in [9.17, 15) is 14.4 Å². The summed E-state index contributed by atoms with van der Waals surface area (Å²) in [6.45, 7) is 13.1. The fourth-order valence-electron chi connectivity index (χ4n) is 3.30. The average Bonchev–Trinajstić information content (AvgIpc) is 2.68. The molecule has 1 aromatic carbocycles. The van der Waals surface area contributed by atoms with Gasteiger partial charge >= 0.3 is 0 Å². The number of hydrogen-bond acceptors (Lipinski definition) is 4. The van der Waals surface area contributed by atoms with Crippen LogP contribution in [0, 0.1) is 19.3 Å². The Labute approximate surface area is 180 Å². The number of nitrogens with zero attached hydrogens (tertiary/aromatic N) is 2. The van der Waals surface area contributed by atoms with Gasteiger partial charge in [0.2, 0.25) is 17.7 Å². The van der Waals surface area contributed by atoms with Gasteiger partial charge in [-0.2, -0.15) is 0 Å². The predicted octanol–water partition coefficient (Wildman–Crippen LogP) is 2.33. The number of benzene rings is 1. The zero-order valence-electron chi connectivity index (χ0n) is 19.0. The molecule has 0 bridgehead atoms. The van der Waals surface area contributed by atoms with Gasteiger partial charge in [0.05, 0.1) is 6.54 Å². The standard InChI is InChI=1S/C23H36N4O3/c1-17-8-6-9-19(18(17)2)25-20(28)16-26-12-14-27(15-13-26)21(29)10-7-11-24-22(30)23(3,4)5/h6,8-9H,7,10-16H2,1-5H3,(H,24,30)(H,25,28). The Morgan fingerprint density at radius 3 is 2.33 bits per heavy atom. The van der Waals surface area contributed by atoms with Crippen molar-refractivity contribution in [2.45, 2.75) is 47.5 Å². The van der Waals surface area contributed by atoms with E-state index in [0.29, 0.717) is 52.1 Å². The number of carbonyl (C=O) groups excluding carboxylic acids is 3. The van der Waals surface area contributed by atoms with Gasteiger partial charge in [0.25, 0.3) is 0 Å². The third-order valence-corrected chi connectivity index (χ3v) is 5.51. The van der Waals surface area contributed by atoms with Gasteiger partial charge in [-0.05, 0) is 37.5 Å². The second-order valence-electron chi connectivity index (χ2n) is 9.06. The summed E-state index contributed by atoms with van der Waals surface area (Å²) in [5.74, 6) is 0.0836. The van der Waals surface area contributed by atoms with E-state index in [1.54, 1.807) is 0 Å². The number of aryl methyl sites for hydroxylation is 1. The molecule has 2 rings (SSSR count). The molecular weight excluding hydrogens is 380 g/mol. The molecule has 1 aliphatic rings. The van der Waals surface area contributed by atoms with Crippen molar-refractivity contribution in [1.82, 2.24) is 15.1 Å². The lowest BCUT2D eigenvalue weighted by Gasteiger charge is -2.34. The lowest BCUT2D eigenvalue weighted by molar-refractivity contribution is -0.133. The molecule has 1 saturated heterocycles. The van der Waals surface area contributed by atoms with Crippen LogP contribution < -0.4 is 10.6 Å². The Morgan fingerprint density at radius 2 is 1.70 bits per heavy atom. The van der Waals surface area contributed by atoms with Crippen molar-refractivity contribution in [3.63, 3.8) is 0 Å². The predicted molar refractivity (Wildman–Crippen MR) is 119 cm³/mol. The summed E-state index contributed by atoms with van der Waals surface area (Å²) in [6, 6.07) is 5.89. The summed E-state index contributed by atoms with van der Waals surface area (Å²) in [5.41, 5.74) is 2.68. The first-order chi connectivity index (χ1) is 14.1. The van der Waals surface area contributed by atoms with Crippen molar-refractivity contribution in [2.75, 3.05) is 44.6 Å². The molecule has 30 heavy (non-hydrogen) atoms. The molecule has 3 amide bonds. The number of carbonyl (C=O) groups is 3. The Kier molecular flexibility index (Phi) is 8.41. The molecule has 0 saturated carbocycles. The second kappa shape index (κ2) is 10.6. The number of hydrogen-bond donors (Lipinski definition) is 2. The zero-order chi connectivity index (χ0) is 22.3. The van der Waals surface area contributed by atoms with E-state index >= 15 is 0 Å². The first-order valence-corrected chi connectivity index (χ1v) is 10.7. The van der Waals surface area contributed by atoms with Crippen molar-refractivity contribution in [3.8, 4) is 0 Å². The van der Waals surface area contributed by atoms with E-state index in [2.05, 4.69) is 15.5 Å². The van der Waals surface area contributed by atoms with Crippen molar-refractivity contribution >= 4 is 23.4 Å². The Morgan fingerprint density at radius 1 is 1.03 bits per heavy atom. The number of piperazine rings is 1. The van der Waals surface area contributed by atoms with Crippen LogP contribution in [0.4, 0.5) is 5.69 Å². The summed E-state index contributed by atoms with van der Waals surface area (Å²) in [7, 11) is 0. The maximum atomic E-state index is 12.4. The molecule has 166 valence electrons. The minimum absolute atomic E-state index is 0.00250. The third kappa shape index (κ3) is 7.13. The maximum absolute atomic E-state index is 12.4. The molecule has 0 atom stereocenters. The average molecular weight is 417 g/mol. The summed E-state index contributed by atoms with van der Waals surface area (Å²) in [5, 5.41) is 5.87. The number of nitrogens with one attached hydrogen (secondary N) is 2. The van der Waals surface area contributed by atoms with Crippen LogP contribution in [0.25, 0.3) is 0 Å². The van der Waals surface area contributed by atoms with Gasteiger partial charge in [-0.15, -0.1) is 0 Å². The normalized spacial score (nSPS) is 15.0. The molecule has 0 unspecified atom stereocenters. The third-order valence-electron chi connectivity index (χ3n) is 5.51. The van der Waals surface area contributed by atoms with Crippen molar-refractivity contribution in [2.24, 2.45) is 5.41 Å². The minimum atomic E-state index is -0.412. The van der Waals surface area contributed by atoms with Crippen LogP contribution in [0.5, 0.6) is 0 Å². The van der Waals surface area contributed by atoms with Gasteiger partial charge < -0.3 is 15.5 Å². The minimum Gasteiger partial charge on any atom is -0.356 e. The molecular formula is C23H36N4O3. The molecule has 2 N–H and O–H groups in total. The van der Waals surface area contributed by atoms with Crippen LogP contribution >= 0.6 is 0 Å². The van der Waals surface area contributed by atoms with Gasteiger partial charge in [0.15, 0.2) is 0 Å². The van der Waals surface area contributed by atoms with Gasteiger partial charge in [-0.1, -0.05) is 32.9 Å². The molecule has 7 nitrogen and oxygen atoms in total. The Balaban J connectivity index is 1.67. The van der Waals surface area contributed by atoms with Gasteiger partial charge in [-0.3, -0.25) is 19.3 Å². The van der Waals surface area contributed by atoms with E-state index < -0.39 is 5.41 Å².